The Kier molecular flexibility index (Phi) is 8.22. The van der Waals surface area contributed by atoms with Gasteiger partial charge in [0.05, 0.1) is 12.0 Å². The van der Waals surface area contributed by atoms with Crippen LogP contribution in [0.4, 0.5) is 5.82 Å². The fourth-order valence-electron chi connectivity index (χ4n) is 4.21. The molecule has 0 bridgehead atoms. The van der Waals surface area contributed by atoms with E-state index in [2.05, 4.69) is 36.0 Å². The third-order valence-corrected chi connectivity index (χ3v) is 5.91. The predicted molar refractivity (Wildman–Crippen MR) is 126 cm³/mol. The lowest BCUT2D eigenvalue weighted by Gasteiger charge is -2.45. The summed E-state index contributed by atoms with van der Waals surface area (Å²) in [6, 6.07) is 13.4. The molecule has 32 heavy (non-hydrogen) atoms. The number of aliphatic carboxylic acids is 1. The summed E-state index contributed by atoms with van der Waals surface area (Å²) in [7, 11) is 0. The summed E-state index contributed by atoms with van der Waals surface area (Å²) in [6.07, 6.45) is 2.66. The lowest BCUT2D eigenvalue weighted by atomic mass is 10.0. The first-order valence-corrected chi connectivity index (χ1v) is 11.3. The van der Waals surface area contributed by atoms with Crippen molar-refractivity contribution in [2.24, 2.45) is 5.92 Å². The predicted octanol–water partition coefficient (Wildman–Crippen LogP) is 3.73. The van der Waals surface area contributed by atoms with Crippen LogP contribution in [0.15, 0.2) is 48.7 Å². The van der Waals surface area contributed by atoms with E-state index in [-0.39, 0.29) is 24.4 Å². The minimum atomic E-state index is -0.855. The van der Waals surface area contributed by atoms with Crippen molar-refractivity contribution in [1.82, 2.24) is 14.8 Å². The summed E-state index contributed by atoms with van der Waals surface area (Å²) in [5.41, 5.74) is 1.67. The molecule has 2 heterocycles. The van der Waals surface area contributed by atoms with Gasteiger partial charge in [0.2, 0.25) is 0 Å². The lowest BCUT2D eigenvalue weighted by molar-refractivity contribution is -0.139. The molecule has 1 aromatic heterocycles. The number of aromatic nitrogens is 1. The van der Waals surface area contributed by atoms with E-state index >= 15 is 0 Å². The van der Waals surface area contributed by atoms with Crippen molar-refractivity contribution >= 4 is 17.7 Å². The zero-order valence-electron chi connectivity index (χ0n) is 19.2. The fourth-order valence-corrected chi connectivity index (χ4v) is 4.21. The second-order valence-corrected chi connectivity index (χ2v) is 8.98. The number of pyridine rings is 1. The topological polar surface area (TPSA) is 85.8 Å². The largest absolute Gasteiger partial charge is 0.481 e. The number of carbonyl (C=O) groups excluding carboxylic acids is 1. The van der Waals surface area contributed by atoms with Gasteiger partial charge in [0.15, 0.2) is 0 Å². The van der Waals surface area contributed by atoms with Gasteiger partial charge in [0.1, 0.15) is 5.82 Å². The molecule has 172 valence electrons. The second-order valence-electron chi connectivity index (χ2n) is 8.98. The molecule has 0 spiro atoms. The van der Waals surface area contributed by atoms with Gasteiger partial charge in [-0.05, 0) is 37.0 Å². The molecule has 1 aromatic carbocycles. The average molecular weight is 439 g/mol. The first kappa shape index (κ1) is 23.7. The summed E-state index contributed by atoms with van der Waals surface area (Å²) >= 11 is 0. The van der Waals surface area contributed by atoms with Crippen LogP contribution in [0, 0.1) is 5.92 Å². The summed E-state index contributed by atoms with van der Waals surface area (Å²) in [5, 5.41) is 12.8. The molecular formula is C25H34N4O3. The maximum absolute atomic E-state index is 13.4. The Labute approximate surface area is 190 Å². The molecule has 3 rings (SSSR count). The normalized spacial score (nSPS) is 19.2. The highest BCUT2D eigenvalue weighted by Crippen LogP contribution is 2.24. The quantitative estimate of drug-likeness (QED) is 0.621. The zero-order chi connectivity index (χ0) is 23.1. The molecule has 0 radical (unpaired) electrons. The molecule has 0 saturated carbocycles. The van der Waals surface area contributed by atoms with E-state index in [1.54, 1.807) is 23.2 Å². The fraction of sp³-hybridized carbons (Fsp3) is 0.480. The van der Waals surface area contributed by atoms with Crippen LogP contribution in [0.3, 0.4) is 0 Å². The molecule has 1 saturated heterocycles. The number of amides is 1. The third kappa shape index (κ3) is 6.29. The maximum atomic E-state index is 13.4. The van der Waals surface area contributed by atoms with Gasteiger partial charge >= 0.3 is 5.97 Å². The van der Waals surface area contributed by atoms with Crippen molar-refractivity contribution in [1.29, 1.82) is 0 Å². The maximum Gasteiger partial charge on any atom is 0.305 e. The van der Waals surface area contributed by atoms with Crippen molar-refractivity contribution in [2.45, 2.75) is 52.2 Å². The molecule has 2 N–H and O–H groups in total. The number of carboxylic acids is 1. The number of hydrogen-bond acceptors (Lipinski definition) is 5. The van der Waals surface area contributed by atoms with Gasteiger partial charge in [0.25, 0.3) is 5.91 Å². The van der Waals surface area contributed by atoms with Crippen LogP contribution in [0.1, 0.15) is 49.5 Å². The number of piperazine rings is 1. The highest BCUT2D eigenvalue weighted by molar-refractivity contribution is 5.98. The first-order valence-electron chi connectivity index (χ1n) is 11.3. The number of benzene rings is 1. The number of nitrogens with zero attached hydrogens (tertiary/aromatic N) is 3. The number of hydrogen-bond donors (Lipinski definition) is 2. The van der Waals surface area contributed by atoms with Crippen molar-refractivity contribution in [3.05, 3.63) is 59.8 Å². The molecule has 2 aromatic rings. The number of rotatable bonds is 9. The summed E-state index contributed by atoms with van der Waals surface area (Å²) in [6.45, 7) is 8.71. The molecule has 2 atom stereocenters. The summed E-state index contributed by atoms with van der Waals surface area (Å²) in [5.74, 6) is 0.187. The average Bonchev–Trinajstić information content (AvgIpc) is 2.76. The van der Waals surface area contributed by atoms with Crippen LogP contribution in [-0.4, -0.2) is 63.5 Å². The Balaban J connectivity index is 1.76. The van der Waals surface area contributed by atoms with Crippen LogP contribution >= 0.6 is 0 Å². The molecule has 0 unspecified atom stereocenters. The molecule has 1 aliphatic rings. The molecule has 1 aliphatic heterocycles. The molecule has 0 aliphatic carbocycles. The van der Waals surface area contributed by atoms with E-state index in [0.29, 0.717) is 36.9 Å². The van der Waals surface area contributed by atoms with Crippen molar-refractivity contribution in [3.8, 4) is 0 Å². The lowest BCUT2D eigenvalue weighted by Crippen LogP contribution is -2.59. The van der Waals surface area contributed by atoms with E-state index in [1.807, 2.05) is 30.3 Å². The van der Waals surface area contributed by atoms with E-state index in [4.69, 9.17) is 0 Å². The van der Waals surface area contributed by atoms with Gasteiger partial charge in [-0.15, -0.1) is 0 Å². The molecule has 1 fully saturated rings. The van der Waals surface area contributed by atoms with E-state index in [1.165, 1.54) is 0 Å². The van der Waals surface area contributed by atoms with Crippen molar-refractivity contribution < 1.29 is 14.7 Å². The Hall–Kier alpha value is -2.93. The summed E-state index contributed by atoms with van der Waals surface area (Å²) < 4.78 is 0. The monoisotopic (exact) mass is 438 g/mol. The second kappa shape index (κ2) is 11.1. The third-order valence-electron chi connectivity index (χ3n) is 5.91. The van der Waals surface area contributed by atoms with Crippen LogP contribution < -0.4 is 5.32 Å². The zero-order valence-corrected chi connectivity index (χ0v) is 19.2. The van der Waals surface area contributed by atoms with Gasteiger partial charge in [-0.3, -0.25) is 14.5 Å². The van der Waals surface area contributed by atoms with Crippen molar-refractivity contribution in [2.75, 3.05) is 25.0 Å². The standard InChI is InChI=1S/C25H34N4O3/c1-18(2)11-13-27-24-22(10-7-12-26-24)25(32)28-15-19(3)29(21(17-28)14-23(30)31)16-20-8-5-4-6-9-20/h4-10,12,18-19,21H,11,13-17H2,1-3H3,(H,26,27)(H,30,31)/t19-,21-/m1/s1. The van der Waals surface area contributed by atoms with Crippen LogP contribution in [0.5, 0.6) is 0 Å². The Morgan fingerprint density at radius 3 is 2.59 bits per heavy atom. The highest BCUT2D eigenvalue weighted by atomic mass is 16.4. The molecule has 7 nitrogen and oxygen atoms in total. The van der Waals surface area contributed by atoms with Gasteiger partial charge in [0, 0.05) is 44.5 Å². The Morgan fingerprint density at radius 1 is 1.16 bits per heavy atom. The smallest absolute Gasteiger partial charge is 0.305 e. The summed E-state index contributed by atoms with van der Waals surface area (Å²) in [4.78, 5) is 33.4. The first-order chi connectivity index (χ1) is 15.3. The minimum Gasteiger partial charge on any atom is -0.481 e. The van der Waals surface area contributed by atoms with Gasteiger partial charge in [-0.25, -0.2) is 4.98 Å². The Bertz CT molecular complexity index is 903. The van der Waals surface area contributed by atoms with E-state index in [9.17, 15) is 14.7 Å². The van der Waals surface area contributed by atoms with E-state index in [0.717, 1.165) is 18.5 Å². The number of carboxylic acid groups (broad SMARTS) is 1. The highest BCUT2D eigenvalue weighted by Gasteiger charge is 2.36. The van der Waals surface area contributed by atoms with E-state index < -0.39 is 5.97 Å². The molecule has 7 heteroatoms. The minimum absolute atomic E-state index is 0.00646. The van der Waals surface area contributed by atoms with Crippen LogP contribution in [0.2, 0.25) is 0 Å². The van der Waals surface area contributed by atoms with Gasteiger partial charge in [-0.2, -0.15) is 0 Å². The SMILES string of the molecule is CC(C)CCNc1ncccc1C(=O)N1C[C@@H](CC(=O)O)N(Cc2ccccc2)[C@H](C)C1. The van der Waals surface area contributed by atoms with Gasteiger partial charge < -0.3 is 15.3 Å². The number of carbonyl (C=O) groups is 2. The molecular weight excluding hydrogens is 404 g/mol. The van der Waals surface area contributed by atoms with Crippen LogP contribution in [0.25, 0.3) is 0 Å². The molecule has 1 amide bonds. The number of anilines is 1. The van der Waals surface area contributed by atoms with Gasteiger partial charge in [-0.1, -0.05) is 44.2 Å². The number of nitrogens with one attached hydrogen (secondary N) is 1. The van der Waals surface area contributed by atoms with Crippen molar-refractivity contribution in [3.63, 3.8) is 0 Å². The van der Waals surface area contributed by atoms with Crippen LogP contribution in [-0.2, 0) is 11.3 Å². The Morgan fingerprint density at radius 2 is 1.91 bits per heavy atom.